The first-order chi connectivity index (χ1) is 20.3. The van der Waals surface area contributed by atoms with Gasteiger partial charge >= 0.3 is 5.97 Å². The van der Waals surface area contributed by atoms with Gasteiger partial charge in [0.2, 0.25) is 0 Å². The first-order valence-corrected chi connectivity index (χ1v) is 17.6. The van der Waals surface area contributed by atoms with Crippen LogP contribution >= 0.6 is 0 Å². The summed E-state index contributed by atoms with van der Waals surface area (Å²) in [5, 5.41) is 41.7. The number of carbonyl (C=O) groups is 1. The van der Waals surface area contributed by atoms with Crippen LogP contribution in [-0.4, -0.2) is 69.1 Å². The Hall–Kier alpha value is -0.990. The van der Waals surface area contributed by atoms with E-state index in [2.05, 4.69) is 6.92 Å². The SMILES string of the molecule is CCCCCCCCCCCC[C@@H](O)[C@@H]1CC[C@@H]([C@@H](O)CCCC[C@@H](O)CCCCC[C@@H](O)CC2=C[C@H](C)OC2=O)O1. The third kappa shape index (κ3) is 16.2. The molecule has 246 valence electrons. The van der Waals surface area contributed by atoms with Crippen LogP contribution < -0.4 is 0 Å². The molecule has 0 unspecified atom stereocenters. The minimum atomic E-state index is -0.530. The molecule has 2 heterocycles. The van der Waals surface area contributed by atoms with Crippen molar-refractivity contribution in [1.29, 1.82) is 0 Å². The summed E-state index contributed by atoms with van der Waals surface area (Å²) in [5.74, 6) is -0.314. The summed E-state index contributed by atoms with van der Waals surface area (Å²) in [6.45, 7) is 4.07. The molecule has 0 spiro atoms. The molecule has 42 heavy (non-hydrogen) atoms. The van der Waals surface area contributed by atoms with Gasteiger partial charge in [0.05, 0.1) is 36.6 Å². The second kappa shape index (κ2) is 22.5. The maximum absolute atomic E-state index is 11.6. The number of ether oxygens (including phenoxy) is 2. The van der Waals surface area contributed by atoms with Crippen molar-refractivity contribution < 1.29 is 34.7 Å². The van der Waals surface area contributed by atoms with Crippen LogP contribution in [0.1, 0.15) is 162 Å². The highest BCUT2D eigenvalue weighted by atomic mass is 16.5. The lowest BCUT2D eigenvalue weighted by Gasteiger charge is -2.22. The van der Waals surface area contributed by atoms with Gasteiger partial charge in [-0.25, -0.2) is 4.79 Å². The second-order valence-corrected chi connectivity index (χ2v) is 13.1. The van der Waals surface area contributed by atoms with E-state index in [4.69, 9.17) is 9.47 Å². The maximum Gasteiger partial charge on any atom is 0.334 e. The van der Waals surface area contributed by atoms with Crippen LogP contribution in [0.15, 0.2) is 11.6 Å². The van der Waals surface area contributed by atoms with Crippen LogP contribution in [0, 0.1) is 0 Å². The van der Waals surface area contributed by atoms with E-state index in [0.717, 1.165) is 70.6 Å². The normalized spacial score (nSPS) is 23.5. The van der Waals surface area contributed by atoms with Gasteiger partial charge in [0.1, 0.15) is 6.10 Å². The minimum absolute atomic E-state index is 0.147. The minimum Gasteiger partial charge on any atom is -0.455 e. The molecule has 1 fully saturated rings. The molecule has 0 aromatic rings. The quantitative estimate of drug-likeness (QED) is 0.0624. The molecule has 1 saturated heterocycles. The van der Waals surface area contributed by atoms with Crippen LogP contribution in [-0.2, 0) is 14.3 Å². The Morgan fingerprint density at radius 1 is 0.667 bits per heavy atom. The summed E-state index contributed by atoms with van der Waals surface area (Å²) in [7, 11) is 0. The molecule has 2 rings (SSSR count). The molecule has 7 nitrogen and oxygen atoms in total. The number of aliphatic hydroxyl groups excluding tert-OH is 4. The number of unbranched alkanes of at least 4 members (excludes halogenated alkanes) is 12. The lowest BCUT2D eigenvalue weighted by molar-refractivity contribution is -0.139. The van der Waals surface area contributed by atoms with Crippen molar-refractivity contribution in [2.75, 3.05) is 0 Å². The first kappa shape index (κ1) is 37.2. The molecular formula is C35H64O7. The molecule has 0 saturated carbocycles. The zero-order valence-corrected chi connectivity index (χ0v) is 26.9. The standard InChI is InChI=1S/C35H64O7/c1-3-4-5-6-7-8-9-10-11-15-21-31(38)33-23-24-34(42-33)32(39)22-17-16-19-29(36)18-13-12-14-20-30(37)26-28-25-27(2)41-35(28)40/h25,27,29-34,36-39H,3-24,26H2,1-2H3/t27-,29-,30+,31+,32-,33-,34-/m0/s1. The highest BCUT2D eigenvalue weighted by Crippen LogP contribution is 2.28. The summed E-state index contributed by atoms with van der Waals surface area (Å²) in [5.41, 5.74) is 0.576. The van der Waals surface area contributed by atoms with Crippen LogP contribution in [0.3, 0.4) is 0 Å². The van der Waals surface area contributed by atoms with E-state index in [9.17, 15) is 25.2 Å². The van der Waals surface area contributed by atoms with Gasteiger partial charge in [-0.2, -0.15) is 0 Å². The van der Waals surface area contributed by atoms with Gasteiger partial charge in [0.15, 0.2) is 0 Å². The van der Waals surface area contributed by atoms with Crippen LogP contribution in [0.2, 0.25) is 0 Å². The van der Waals surface area contributed by atoms with E-state index >= 15 is 0 Å². The van der Waals surface area contributed by atoms with Crippen molar-refractivity contribution >= 4 is 5.97 Å². The van der Waals surface area contributed by atoms with E-state index in [1.54, 1.807) is 6.08 Å². The second-order valence-electron chi connectivity index (χ2n) is 13.1. The third-order valence-corrected chi connectivity index (χ3v) is 9.11. The average Bonchev–Trinajstić information content (AvgIpc) is 3.58. The topological polar surface area (TPSA) is 116 Å². The lowest BCUT2D eigenvalue weighted by Crippen LogP contribution is -2.31. The van der Waals surface area contributed by atoms with E-state index in [1.807, 2.05) is 6.92 Å². The Morgan fingerprint density at radius 2 is 1.10 bits per heavy atom. The maximum atomic E-state index is 11.6. The van der Waals surface area contributed by atoms with Crippen molar-refractivity contribution in [3.63, 3.8) is 0 Å². The Kier molecular flexibility index (Phi) is 19.9. The Labute approximate surface area is 256 Å². The number of cyclic esters (lactones) is 1. The lowest BCUT2D eigenvalue weighted by atomic mass is 9.99. The zero-order valence-electron chi connectivity index (χ0n) is 26.9. The average molecular weight is 597 g/mol. The fourth-order valence-electron chi connectivity index (χ4n) is 6.42. The van der Waals surface area contributed by atoms with E-state index in [-0.39, 0.29) is 30.4 Å². The zero-order chi connectivity index (χ0) is 30.6. The predicted octanol–water partition coefficient (Wildman–Crippen LogP) is 7.06. The molecule has 0 aromatic heterocycles. The molecule has 7 atom stereocenters. The van der Waals surface area contributed by atoms with Gasteiger partial charge < -0.3 is 29.9 Å². The number of hydrogen-bond donors (Lipinski definition) is 4. The van der Waals surface area contributed by atoms with Crippen molar-refractivity contribution in [1.82, 2.24) is 0 Å². The number of rotatable bonds is 26. The van der Waals surface area contributed by atoms with Crippen molar-refractivity contribution in [2.24, 2.45) is 0 Å². The predicted molar refractivity (Wildman–Crippen MR) is 168 cm³/mol. The molecule has 0 radical (unpaired) electrons. The van der Waals surface area contributed by atoms with Gasteiger partial charge in [0.25, 0.3) is 0 Å². The monoisotopic (exact) mass is 596 g/mol. The molecule has 2 aliphatic heterocycles. The van der Waals surface area contributed by atoms with Crippen molar-refractivity contribution in [2.45, 2.75) is 204 Å². The van der Waals surface area contributed by atoms with E-state index in [1.165, 1.54) is 57.8 Å². The molecule has 7 heteroatoms. The highest BCUT2D eigenvalue weighted by molar-refractivity contribution is 5.90. The molecular weight excluding hydrogens is 532 g/mol. The number of esters is 1. The number of hydrogen-bond acceptors (Lipinski definition) is 7. The van der Waals surface area contributed by atoms with E-state index in [0.29, 0.717) is 24.8 Å². The smallest absolute Gasteiger partial charge is 0.334 e. The summed E-state index contributed by atoms with van der Waals surface area (Å²) >= 11 is 0. The van der Waals surface area contributed by atoms with Gasteiger partial charge in [-0.1, -0.05) is 103 Å². The van der Waals surface area contributed by atoms with Crippen LogP contribution in [0.4, 0.5) is 0 Å². The van der Waals surface area contributed by atoms with Crippen molar-refractivity contribution in [3.8, 4) is 0 Å². The molecule has 0 bridgehead atoms. The first-order valence-electron chi connectivity index (χ1n) is 17.6. The summed E-state index contributed by atoms with van der Waals surface area (Å²) in [4.78, 5) is 11.6. The van der Waals surface area contributed by atoms with E-state index < -0.39 is 18.3 Å². The summed E-state index contributed by atoms with van der Waals surface area (Å²) < 4.78 is 11.1. The third-order valence-electron chi connectivity index (χ3n) is 9.11. The summed E-state index contributed by atoms with van der Waals surface area (Å²) in [6, 6.07) is 0. The molecule has 0 amide bonds. The van der Waals surface area contributed by atoms with Gasteiger partial charge in [0, 0.05) is 12.0 Å². The number of carbonyl (C=O) groups excluding carboxylic acids is 1. The van der Waals surface area contributed by atoms with Gasteiger partial charge in [-0.15, -0.1) is 0 Å². The van der Waals surface area contributed by atoms with Crippen LogP contribution in [0.5, 0.6) is 0 Å². The Morgan fingerprint density at radius 3 is 1.62 bits per heavy atom. The number of aliphatic hydroxyl groups is 4. The molecule has 2 aliphatic rings. The van der Waals surface area contributed by atoms with Gasteiger partial charge in [-0.05, 0) is 57.9 Å². The Bertz CT molecular complexity index is 726. The Balaban J connectivity index is 1.41. The summed E-state index contributed by atoms with van der Waals surface area (Å²) in [6.07, 6.45) is 22.4. The molecule has 0 aromatic carbocycles. The fourth-order valence-corrected chi connectivity index (χ4v) is 6.42. The molecule has 0 aliphatic carbocycles. The van der Waals surface area contributed by atoms with Gasteiger partial charge in [-0.3, -0.25) is 0 Å². The highest BCUT2D eigenvalue weighted by Gasteiger charge is 2.34. The molecule has 4 N–H and O–H groups in total. The fraction of sp³-hybridized carbons (Fsp3) is 0.914. The largest absolute Gasteiger partial charge is 0.455 e. The van der Waals surface area contributed by atoms with Crippen LogP contribution in [0.25, 0.3) is 0 Å². The van der Waals surface area contributed by atoms with Crippen molar-refractivity contribution in [3.05, 3.63) is 11.6 Å².